The first-order valence-electron chi connectivity index (χ1n) is 5.57. The van der Waals surface area contributed by atoms with E-state index in [9.17, 15) is 4.79 Å². The molecular weight excluding hydrogens is 271 g/mol. The van der Waals surface area contributed by atoms with Crippen LogP contribution in [0, 0.1) is 0 Å². The summed E-state index contributed by atoms with van der Waals surface area (Å²) in [7, 11) is 0. The Morgan fingerprint density at radius 2 is 2.00 bits per heavy atom. The van der Waals surface area contributed by atoms with E-state index < -0.39 is 0 Å². The molecule has 0 saturated carbocycles. The number of nitrogens with zero attached hydrogens (tertiary/aromatic N) is 2. The molecule has 1 heterocycles. The molecular formula is C13H12Cl2N2O. The first-order valence-corrected chi connectivity index (χ1v) is 6.33. The maximum atomic E-state index is 11.9. The highest BCUT2D eigenvalue weighted by Gasteiger charge is 2.10. The molecule has 2 rings (SSSR count). The van der Waals surface area contributed by atoms with Crippen molar-refractivity contribution in [1.82, 2.24) is 9.55 Å². The van der Waals surface area contributed by atoms with Gasteiger partial charge in [-0.1, -0.05) is 29.3 Å². The normalized spacial score (nSPS) is 10.6. The Hall–Kier alpha value is -1.32. The van der Waals surface area contributed by atoms with Gasteiger partial charge in [0.05, 0.1) is 6.33 Å². The van der Waals surface area contributed by atoms with Gasteiger partial charge in [0.1, 0.15) is 5.78 Å². The van der Waals surface area contributed by atoms with Crippen molar-refractivity contribution in [1.29, 1.82) is 0 Å². The van der Waals surface area contributed by atoms with Crippen molar-refractivity contribution in [3.8, 4) is 0 Å². The number of imidazole rings is 1. The molecule has 0 atom stereocenters. The Balaban J connectivity index is 1.95. The minimum atomic E-state index is 0.110. The second kappa shape index (κ2) is 6.03. The number of halogens is 2. The van der Waals surface area contributed by atoms with Gasteiger partial charge < -0.3 is 4.57 Å². The highest BCUT2D eigenvalue weighted by Crippen LogP contribution is 2.25. The number of hydrogen-bond acceptors (Lipinski definition) is 2. The maximum Gasteiger partial charge on any atom is 0.139 e. The van der Waals surface area contributed by atoms with E-state index in [2.05, 4.69) is 4.98 Å². The third-order valence-electron chi connectivity index (χ3n) is 2.64. The van der Waals surface area contributed by atoms with Crippen LogP contribution in [0.5, 0.6) is 0 Å². The first kappa shape index (κ1) is 13.1. The largest absolute Gasteiger partial charge is 0.337 e. The molecule has 1 aromatic heterocycles. The lowest BCUT2D eigenvalue weighted by Gasteiger charge is -2.06. The summed E-state index contributed by atoms with van der Waals surface area (Å²) in [6, 6.07) is 5.25. The SMILES string of the molecule is O=C(CCn1ccnc1)Cc1c(Cl)cccc1Cl. The molecule has 18 heavy (non-hydrogen) atoms. The molecule has 0 aliphatic rings. The van der Waals surface area contributed by atoms with Gasteiger partial charge in [0.25, 0.3) is 0 Å². The summed E-state index contributed by atoms with van der Waals surface area (Å²) in [4.78, 5) is 15.8. The molecule has 0 aliphatic heterocycles. The smallest absolute Gasteiger partial charge is 0.139 e. The van der Waals surface area contributed by atoms with Gasteiger partial charge in [0, 0.05) is 41.8 Å². The summed E-state index contributed by atoms with van der Waals surface area (Å²) in [5, 5.41) is 1.08. The predicted molar refractivity (Wildman–Crippen MR) is 72.0 cm³/mol. The van der Waals surface area contributed by atoms with Crippen LogP contribution in [0.15, 0.2) is 36.9 Å². The molecule has 0 N–H and O–H groups in total. The molecule has 1 aromatic carbocycles. The third-order valence-corrected chi connectivity index (χ3v) is 3.35. The van der Waals surface area contributed by atoms with E-state index in [0.29, 0.717) is 28.6 Å². The van der Waals surface area contributed by atoms with Crippen LogP contribution in [0.4, 0.5) is 0 Å². The highest BCUT2D eigenvalue weighted by atomic mass is 35.5. The first-order chi connectivity index (χ1) is 8.66. The van der Waals surface area contributed by atoms with Crippen molar-refractivity contribution >= 4 is 29.0 Å². The Morgan fingerprint density at radius 3 is 2.61 bits per heavy atom. The van der Waals surface area contributed by atoms with Gasteiger partial charge in [-0.05, 0) is 17.7 Å². The van der Waals surface area contributed by atoms with Crippen LogP contribution >= 0.6 is 23.2 Å². The van der Waals surface area contributed by atoms with Crippen LogP contribution in [0.2, 0.25) is 10.0 Å². The molecule has 0 radical (unpaired) electrons. The van der Waals surface area contributed by atoms with E-state index in [1.54, 1.807) is 30.7 Å². The number of aromatic nitrogens is 2. The van der Waals surface area contributed by atoms with Crippen LogP contribution < -0.4 is 0 Å². The average Bonchev–Trinajstić information content (AvgIpc) is 2.84. The number of carbonyl (C=O) groups excluding carboxylic acids is 1. The summed E-state index contributed by atoms with van der Waals surface area (Å²) in [5.74, 6) is 0.110. The Morgan fingerprint density at radius 1 is 1.28 bits per heavy atom. The summed E-state index contributed by atoms with van der Waals surface area (Å²) < 4.78 is 1.87. The zero-order valence-corrected chi connectivity index (χ0v) is 11.2. The summed E-state index contributed by atoms with van der Waals surface area (Å²) >= 11 is 12.0. The van der Waals surface area contributed by atoms with Crippen molar-refractivity contribution < 1.29 is 4.79 Å². The van der Waals surface area contributed by atoms with E-state index in [-0.39, 0.29) is 12.2 Å². The fourth-order valence-corrected chi connectivity index (χ4v) is 2.19. The van der Waals surface area contributed by atoms with Gasteiger partial charge in [0.15, 0.2) is 0 Å². The van der Waals surface area contributed by atoms with E-state index >= 15 is 0 Å². The number of hydrogen-bond donors (Lipinski definition) is 0. The van der Waals surface area contributed by atoms with Gasteiger partial charge in [0.2, 0.25) is 0 Å². The molecule has 94 valence electrons. The van der Waals surface area contributed by atoms with E-state index in [1.807, 2.05) is 10.8 Å². The molecule has 3 nitrogen and oxygen atoms in total. The van der Waals surface area contributed by atoms with Crippen LogP contribution in [0.25, 0.3) is 0 Å². The Bertz CT molecular complexity index is 518. The van der Waals surface area contributed by atoms with Gasteiger partial charge >= 0.3 is 0 Å². The number of Topliss-reactive ketones (excluding diaryl/α,β-unsaturated/α-hetero) is 1. The van der Waals surface area contributed by atoms with Crippen molar-refractivity contribution in [3.05, 3.63) is 52.5 Å². The molecule has 2 aromatic rings. The number of benzene rings is 1. The van der Waals surface area contributed by atoms with Crippen LogP contribution in [-0.2, 0) is 17.8 Å². The van der Waals surface area contributed by atoms with E-state index in [0.717, 1.165) is 0 Å². The fraction of sp³-hybridized carbons (Fsp3) is 0.231. The van der Waals surface area contributed by atoms with E-state index in [4.69, 9.17) is 23.2 Å². The molecule has 0 aliphatic carbocycles. The lowest BCUT2D eigenvalue weighted by Crippen LogP contribution is -2.08. The average molecular weight is 283 g/mol. The second-order valence-electron chi connectivity index (χ2n) is 3.97. The summed E-state index contributed by atoms with van der Waals surface area (Å²) in [5.41, 5.74) is 0.705. The van der Waals surface area contributed by atoms with Crippen LogP contribution in [-0.4, -0.2) is 15.3 Å². The standard InChI is InChI=1S/C13H12Cl2N2O/c14-12-2-1-3-13(15)11(12)8-10(18)4-6-17-7-5-16-9-17/h1-3,5,7,9H,4,6,8H2. The van der Waals surface area contributed by atoms with Crippen molar-refractivity contribution in [2.75, 3.05) is 0 Å². The quantitative estimate of drug-likeness (QED) is 0.843. The summed E-state index contributed by atoms with van der Waals surface area (Å²) in [6.45, 7) is 0.626. The Kier molecular flexibility index (Phi) is 4.39. The topological polar surface area (TPSA) is 34.9 Å². The third kappa shape index (κ3) is 3.34. The van der Waals surface area contributed by atoms with Gasteiger partial charge in [-0.25, -0.2) is 4.98 Å². The van der Waals surface area contributed by atoms with Crippen molar-refractivity contribution in [2.24, 2.45) is 0 Å². The minimum absolute atomic E-state index is 0.110. The van der Waals surface area contributed by atoms with Gasteiger partial charge in [-0.2, -0.15) is 0 Å². The maximum absolute atomic E-state index is 11.9. The molecule has 0 bridgehead atoms. The van der Waals surface area contributed by atoms with E-state index in [1.165, 1.54) is 0 Å². The van der Waals surface area contributed by atoms with Gasteiger partial charge in [-0.3, -0.25) is 4.79 Å². The lowest BCUT2D eigenvalue weighted by atomic mass is 10.1. The Labute approximate surface area is 115 Å². The monoisotopic (exact) mass is 282 g/mol. The van der Waals surface area contributed by atoms with Crippen molar-refractivity contribution in [2.45, 2.75) is 19.4 Å². The summed E-state index contributed by atoms with van der Waals surface area (Å²) in [6.07, 6.45) is 5.92. The molecule has 5 heteroatoms. The highest BCUT2D eigenvalue weighted by molar-refractivity contribution is 6.36. The molecule has 0 saturated heterocycles. The predicted octanol–water partition coefficient (Wildman–Crippen LogP) is 3.39. The lowest BCUT2D eigenvalue weighted by molar-refractivity contribution is -0.118. The second-order valence-corrected chi connectivity index (χ2v) is 4.78. The molecule has 0 amide bonds. The number of ketones is 1. The number of rotatable bonds is 5. The zero-order valence-electron chi connectivity index (χ0n) is 9.64. The van der Waals surface area contributed by atoms with Crippen LogP contribution in [0.3, 0.4) is 0 Å². The number of carbonyl (C=O) groups is 1. The van der Waals surface area contributed by atoms with Crippen molar-refractivity contribution in [3.63, 3.8) is 0 Å². The fourth-order valence-electron chi connectivity index (χ4n) is 1.66. The molecule has 0 spiro atoms. The zero-order chi connectivity index (χ0) is 13.0. The molecule has 0 fully saturated rings. The molecule has 0 unspecified atom stereocenters. The van der Waals surface area contributed by atoms with Gasteiger partial charge in [-0.15, -0.1) is 0 Å². The number of aryl methyl sites for hydroxylation is 1. The minimum Gasteiger partial charge on any atom is -0.337 e. The van der Waals surface area contributed by atoms with Crippen LogP contribution in [0.1, 0.15) is 12.0 Å².